The molecule has 0 unspecified atom stereocenters. The van der Waals surface area contributed by atoms with Crippen molar-refractivity contribution in [3.63, 3.8) is 0 Å². The zero-order valence-electron chi connectivity index (χ0n) is 12.4. The van der Waals surface area contributed by atoms with Gasteiger partial charge in [-0.05, 0) is 26.2 Å². The lowest BCUT2D eigenvalue weighted by atomic mass is 10.1. The maximum atomic E-state index is 9.84. The van der Waals surface area contributed by atoms with Crippen molar-refractivity contribution in [3.8, 4) is 5.75 Å². The van der Waals surface area contributed by atoms with Crippen LogP contribution in [0.3, 0.4) is 0 Å². The van der Waals surface area contributed by atoms with E-state index in [1.807, 2.05) is 0 Å². The number of aliphatic hydroxyl groups excluding tert-OH is 1. The van der Waals surface area contributed by atoms with Gasteiger partial charge in [-0.1, -0.05) is 38.5 Å². The number of aliphatic hydroxyl groups is 1. The third-order valence-corrected chi connectivity index (χ3v) is 3.47. The third kappa shape index (κ3) is 6.19. The highest BCUT2D eigenvalue weighted by molar-refractivity contribution is 5.35. The molecule has 0 fully saturated rings. The smallest absolute Gasteiger partial charge is 0.220 e. The van der Waals surface area contributed by atoms with Gasteiger partial charge in [0.1, 0.15) is 0 Å². The molecule has 0 aliphatic rings. The predicted molar refractivity (Wildman–Crippen MR) is 80.6 cm³/mol. The number of hydrogen-bond donors (Lipinski definition) is 3. The number of nitrogen functional groups attached to an aromatic ring is 1. The fourth-order valence-corrected chi connectivity index (χ4v) is 2.29. The van der Waals surface area contributed by atoms with Gasteiger partial charge < -0.3 is 15.9 Å². The lowest BCUT2D eigenvalue weighted by Crippen LogP contribution is -2.02. The molecule has 0 aliphatic carbocycles. The molecule has 5 nitrogen and oxygen atoms in total. The van der Waals surface area contributed by atoms with E-state index in [4.69, 9.17) is 10.8 Å². The lowest BCUT2D eigenvalue weighted by Gasteiger charge is -2.07. The predicted octanol–water partition coefficient (Wildman–Crippen LogP) is 2.73. The fourth-order valence-electron chi connectivity index (χ4n) is 2.29. The molecule has 0 aromatic carbocycles. The standard InChI is InChI=1S/C15H27N3O2/c1-12-14(20)13(18-15(16)17-12)10-8-6-4-2-3-5-7-9-11-19/h19-20H,2-11H2,1H3,(H2,16,17,18). The highest BCUT2D eigenvalue weighted by Crippen LogP contribution is 2.21. The molecule has 0 amide bonds. The van der Waals surface area contributed by atoms with Gasteiger partial charge in [-0.15, -0.1) is 0 Å². The molecule has 0 bridgehead atoms. The van der Waals surface area contributed by atoms with Crippen LogP contribution in [-0.4, -0.2) is 26.8 Å². The van der Waals surface area contributed by atoms with Crippen molar-refractivity contribution in [1.82, 2.24) is 9.97 Å². The summed E-state index contributed by atoms with van der Waals surface area (Å²) in [6, 6.07) is 0. The van der Waals surface area contributed by atoms with Crippen molar-refractivity contribution in [2.45, 2.75) is 64.7 Å². The summed E-state index contributed by atoms with van der Waals surface area (Å²) >= 11 is 0. The number of aromatic hydroxyl groups is 1. The van der Waals surface area contributed by atoms with E-state index in [0.29, 0.717) is 18.0 Å². The van der Waals surface area contributed by atoms with E-state index in [2.05, 4.69) is 9.97 Å². The third-order valence-electron chi connectivity index (χ3n) is 3.47. The molecule has 0 saturated heterocycles. The van der Waals surface area contributed by atoms with Crippen molar-refractivity contribution >= 4 is 5.95 Å². The Morgan fingerprint density at radius 1 is 0.900 bits per heavy atom. The van der Waals surface area contributed by atoms with Gasteiger partial charge in [0.15, 0.2) is 5.75 Å². The molecule has 1 rings (SSSR count). The van der Waals surface area contributed by atoms with Gasteiger partial charge in [0, 0.05) is 6.61 Å². The van der Waals surface area contributed by atoms with Crippen LogP contribution in [0.5, 0.6) is 5.75 Å². The van der Waals surface area contributed by atoms with Gasteiger partial charge in [-0.2, -0.15) is 0 Å². The zero-order chi connectivity index (χ0) is 14.8. The number of rotatable bonds is 10. The van der Waals surface area contributed by atoms with Gasteiger partial charge in [0.2, 0.25) is 5.95 Å². The molecule has 20 heavy (non-hydrogen) atoms. The van der Waals surface area contributed by atoms with Crippen LogP contribution in [0.15, 0.2) is 0 Å². The number of nitrogens with zero attached hydrogens (tertiary/aromatic N) is 2. The van der Waals surface area contributed by atoms with Crippen LogP contribution in [0.25, 0.3) is 0 Å². The molecule has 4 N–H and O–H groups in total. The van der Waals surface area contributed by atoms with Crippen LogP contribution >= 0.6 is 0 Å². The Labute approximate surface area is 121 Å². The summed E-state index contributed by atoms with van der Waals surface area (Å²) in [4.78, 5) is 8.02. The Balaban J connectivity index is 2.13. The SMILES string of the molecule is Cc1nc(N)nc(CCCCCCCCCCO)c1O. The van der Waals surface area contributed by atoms with Gasteiger partial charge in [0.25, 0.3) is 0 Å². The number of unbranched alkanes of at least 4 members (excludes halogenated alkanes) is 7. The van der Waals surface area contributed by atoms with Crippen LogP contribution in [0.4, 0.5) is 5.95 Å². The second-order valence-electron chi connectivity index (χ2n) is 5.26. The van der Waals surface area contributed by atoms with Crippen molar-refractivity contribution in [3.05, 3.63) is 11.4 Å². The molecular weight excluding hydrogens is 254 g/mol. The van der Waals surface area contributed by atoms with Crippen LogP contribution in [0, 0.1) is 6.92 Å². The largest absolute Gasteiger partial charge is 0.504 e. The van der Waals surface area contributed by atoms with Crippen LogP contribution in [-0.2, 0) is 6.42 Å². The maximum absolute atomic E-state index is 9.84. The van der Waals surface area contributed by atoms with Crippen molar-refractivity contribution in [1.29, 1.82) is 0 Å². The summed E-state index contributed by atoms with van der Waals surface area (Å²) < 4.78 is 0. The van der Waals surface area contributed by atoms with Crippen molar-refractivity contribution in [2.24, 2.45) is 0 Å². The minimum absolute atomic E-state index is 0.184. The number of aryl methyl sites for hydroxylation is 2. The van der Waals surface area contributed by atoms with Crippen LogP contribution in [0.1, 0.15) is 62.8 Å². The quantitative estimate of drug-likeness (QED) is 0.573. The first-order chi connectivity index (χ1) is 9.65. The molecule has 0 atom stereocenters. The second kappa shape index (κ2) is 9.53. The summed E-state index contributed by atoms with van der Waals surface area (Å²) in [6.07, 6.45) is 9.86. The van der Waals surface area contributed by atoms with Gasteiger partial charge in [-0.3, -0.25) is 0 Å². The summed E-state index contributed by atoms with van der Waals surface area (Å²) in [6.45, 7) is 2.05. The topological polar surface area (TPSA) is 92.3 Å². The molecule has 1 heterocycles. The van der Waals surface area contributed by atoms with Gasteiger partial charge in [-0.25, -0.2) is 9.97 Å². The summed E-state index contributed by atoms with van der Waals surface area (Å²) in [5.74, 6) is 0.419. The Hall–Kier alpha value is -1.36. The highest BCUT2D eigenvalue weighted by Gasteiger charge is 2.08. The molecule has 1 aromatic rings. The van der Waals surface area contributed by atoms with Gasteiger partial charge >= 0.3 is 0 Å². The minimum atomic E-state index is 0.184. The maximum Gasteiger partial charge on any atom is 0.220 e. The van der Waals surface area contributed by atoms with Crippen molar-refractivity contribution in [2.75, 3.05) is 12.3 Å². The van der Waals surface area contributed by atoms with E-state index in [1.54, 1.807) is 6.92 Å². The lowest BCUT2D eigenvalue weighted by molar-refractivity contribution is 0.282. The molecule has 0 aliphatic heterocycles. The average molecular weight is 281 g/mol. The molecule has 1 aromatic heterocycles. The first-order valence-corrected chi connectivity index (χ1v) is 7.58. The van der Waals surface area contributed by atoms with Gasteiger partial charge in [0.05, 0.1) is 11.4 Å². The molecule has 0 spiro atoms. The zero-order valence-corrected chi connectivity index (χ0v) is 12.4. The summed E-state index contributed by atoms with van der Waals surface area (Å²) in [5.41, 5.74) is 6.80. The van der Waals surface area contributed by atoms with Crippen LogP contribution in [0.2, 0.25) is 0 Å². The number of hydrogen-bond acceptors (Lipinski definition) is 5. The first-order valence-electron chi connectivity index (χ1n) is 7.58. The normalized spacial score (nSPS) is 10.9. The van der Waals surface area contributed by atoms with E-state index < -0.39 is 0 Å². The van der Waals surface area contributed by atoms with E-state index in [1.165, 1.54) is 25.7 Å². The molecule has 0 saturated carbocycles. The molecule has 0 radical (unpaired) electrons. The fraction of sp³-hybridized carbons (Fsp3) is 0.733. The Kier molecular flexibility index (Phi) is 7.95. The first kappa shape index (κ1) is 16.7. The average Bonchev–Trinajstić information content (AvgIpc) is 2.42. The molecule has 114 valence electrons. The second-order valence-corrected chi connectivity index (χ2v) is 5.26. The van der Waals surface area contributed by atoms with E-state index in [-0.39, 0.29) is 11.7 Å². The number of nitrogens with two attached hydrogens (primary N) is 1. The number of anilines is 1. The van der Waals surface area contributed by atoms with E-state index >= 15 is 0 Å². The molecular formula is C15H27N3O2. The van der Waals surface area contributed by atoms with Crippen molar-refractivity contribution < 1.29 is 10.2 Å². The monoisotopic (exact) mass is 281 g/mol. The van der Waals surface area contributed by atoms with E-state index in [9.17, 15) is 5.11 Å². The highest BCUT2D eigenvalue weighted by atomic mass is 16.3. The van der Waals surface area contributed by atoms with Crippen LogP contribution < -0.4 is 5.73 Å². The molecule has 5 heteroatoms. The number of aromatic nitrogens is 2. The minimum Gasteiger partial charge on any atom is -0.504 e. The van der Waals surface area contributed by atoms with E-state index in [0.717, 1.165) is 32.1 Å². The summed E-state index contributed by atoms with van der Waals surface area (Å²) in [7, 11) is 0. The Morgan fingerprint density at radius 2 is 1.45 bits per heavy atom. The summed E-state index contributed by atoms with van der Waals surface area (Å²) in [5, 5.41) is 18.5. The Bertz CT molecular complexity index is 397. The Morgan fingerprint density at radius 3 is 2.05 bits per heavy atom.